The Labute approximate surface area is 105 Å². The van der Waals surface area contributed by atoms with Crippen molar-refractivity contribution in [3.8, 4) is 0 Å². The van der Waals surface area contributed by atoms with Gasteiger partial charge in [-0.1, -0.05) is 15.9 Å². The molecule has 1 N–H and O–H groups in total. The molecular formula is C10H9BrN2O2S. The molecule has 0 aliphatic heterocycles. The SMILES string of the molecule is COC(=O)Cn1c(=S)[nH]c2ccc(Br)cc21. The van der Waals surface area contributed by atoms with Crippen molar-refractivity contribution >= 4 is 45.2 Å². The smallest absolute Gasteiger partial charge is 0.325 e. The van der Waals surface area contributed by atoms with E-state index in [1.54, 1.807) is 4.57 Å². The number of methoxy groups -OCH3 is 1. The van der Waals surface area contributed by atoms with Crippen LogP contribution in [0.15, 0.2) is 22.7 Å². The van der Waals surface area contributed by atoms with Gasteiger partial charge < -0.3 is 14.3 Å². The Kier molecular flexibility index (Phi) is 3.11. The van der Waals surface area contributed by atoms with Crippen LogP contribution in [0.4, 0.5) is 0 Å². The molecule has 16 heavy (non-hydrogen) atoms. The van der Waals surface area contributed by atoms with Crippen molar-refractivity contribution < 1.29 is 9.53 Å². The van der Waals surface area contributed by atoms with E-state index in [1.165, 1.54) is 7.11 Å². The van der Waals surface area contributed by atoms with E-state index in [-0.39, 0.29) is 12.5 Å². The van der Waals surface area contributed by atoms with E-state index in [4.69, 9.17) is 12.2 Å². The highest BCUT2D eigenvalue weighted by Gasteiger charge is 2.08. The first kappa shape index (κ1) is 11.3. The Hall–Kier alpha value is -1.14. The van der Waals surface area contributed by atoms with Gasteiger partial charge in [-0.05, 0) is 30.4 Å². The number of benzene rings is 1. The summed E-state index contributed by atoms with van der Waals surface area (Å²) in [5.41, 5.74) is 1.78. The summed E-state index contributed by atoms with van der Waals surface area (Å²) in [5.74, 6) is -0.322. The summed E-state index contributed by atoms with van der Waals surface area (Å²) in [6.07, 6.45) is 0. The lowest BCUT2D eigenvalue weighted by Crippen LogP contribution is -2.11. The molecule has 84 valence electrons. The number of nitrogens with one attached hydrogen (secondary N) is 1. The van der Waals surface area contributed by atoms with E-state index >= 15 is 0 Å². The number of imidazole rings is 1. The molecule has 2 aromatic rings. The van der Waals surface area contributed by atoms with Crippen molar-refractivity contribution in [1.82, 2.24) is 9.55 Å². The minimum Gasteiger partial charge on any atom is -0.468 e. The molecule has 1 aromatic heterocycles. The normalized spacial score (nSPS) is 10.6. The van der Waals surface area contributed by atoms with Gasteiger partial charge in [-0.3, -0.25) is 4.79 Å². The average molecular weight is 301 g/mol. The number of halogens is 1. The van der Waals surface area contributed by atoms with Gasteiger partial charge in [-0.15, -0.1) is 0 Å². The van der Waals surface area contributed by atoms with Crippen LogP contribution >= 0.6 is 28.1 Å². The van der Waals surface area contributed by atoms with Gasteiger partial charge in [0.15, 0.2) is 4.77 Å². The lowest BCUT2D eigenvalue weighted by Gasteiger charge is -2.02. The molecule has 0 saturated carbocycles. The zero-order valence-corrected chi connectivity index (χ0v) is 10.9. The van der Waals surface area contributed by atoms with Crippen molar-refractivity contribution in [3.63, 3.8) is 0 Å². The fourth-order valence-corrected chi connectivity index (χ4v) is 2.10. The largest absolute Gasteiger partial charge is 0.468 e. The number of aromatic amines is 1. The molecule has 0 atom stereocenters. The highest BCUT2D eigenvalue weighted by Crippen LogP contribution is 2.19. The first-order valence-electron chi connectivity index (χ1n) is 4.56. The number of carbonyl (C=O) groups excluding carboxylic acids is 1. The predicted octanol–water partition coefficient (Wildman–Crippen LogP) is 2.63. The second-order valence-corrected chi connectivity index (χ2v) is 4.56. The van der Waals surface area contributed by atoms with Crippen LogP contribution in [0.25, 0.3) is 11.0 Å². The van der Waals surface area contributed by atoms with Gasteiger partial charge in [0.05, 0.1) is 18.1 Å². The standard InChI is InChI=1S/C10H9BrN2O2S/c1-15-9(14)5-13-8-4-6(11)2-3-7(8)12-10(13)16/h2-4H,5H2,1H3,(H,12,16). The van der Waals surface area contributed by atoms with Crippen molar-refractivity contribution in [1.29, 1.82) is 0 Å². The zero-order chi connectivity index (χ0) is 11.7. The predicted molar refractivity (Wildman–Crippen MR) is 66.8 cm³/mol. The maximum atomic E-state index is 11.2. The lowest BCUT2D eigenvalue weighted by atomic mass is 10.3. The topological polar surface area (TPSA) is 47.0 Å². The van der Waals surface area contributed by atoms with Gasteiger partial charge in [-0.25, -0.2) is 0 Å². The number of hydrogen-bond acceptors (Lipinski definition) is 3. The molecular weight excluding hydrogens is 292 g/mol. The van der Waals surface area contributed by atoms with Crippen LogP contribution in [0.3, 0.4) is 0 Å². The van der Waals surface area contributed by atoms with Crippen LogP contribution in [0.5, 0.6) is 0 Å². The maximum Gasteiger partial charge on any atom is 0.325 e. The molecule has 0 fully saturated rings. The third-order valence-electron chi connectivity index (χ3n) is 2.25. The summed E-state index contributed by atoms with van der Waals surface area (Å²) in [5, 5.41) is 0. The maximum absolute atomic E-state index is 11.2. The molecule has 1 aromatic carbocycles. The molecule has 6 heteroatoms. The number of nitrogens with zero attached hydrogens (tertiary/aromatic N) is 1. The highest BCUT2D eigenvalue weighted by molar-refractivity contribution is 9.10. The number of hydrogen-bond donors (Lipinski definition) is 1. The van der Waals surface area contributed by atoms with Crippen molar-refractivity contribution in [2.45, 2.75) is 6.54 Å². The average Bonchev–Trinajstić information content (AvgIpc) is 2.55. The van der Waals surface area contributed by atoms with E-state index in [9.17, 15) is 4.79 Å². The number of esters is 1. The van der Waals surface area contributed by atoms with Crippen LogP contribution in [0.2, 0.25) is 0 Å². The first-order valence-corrected chi connectivity index (χ1v) is 5.77. The molecule has 0 aliphatic carbocycles. The summed E-state index contributed by atoms with van der Waals surface area (Å²) >= 11 is 8.53. The van der Waals surface area contributed by atoms with Crippen LogP contribution in [0.1, 0.15) is 0 Å². The zero-order valence-electron chi connectivity index (χ0n) is 8.49. The van der Waals surface area contributed by atoms with Crippen LogP contribution in [-0.4, -0.2) is 22.6 Å². The number of rotatable bonds is 2. The van der Waals surface area contributed by atoms with Crippen LogP contribution < -0.4 is 0 Å². The first-order chi connectivity index (χ1) is 7.61. The third-order valence-corrected chi connectivity index (χ3v) is 3.07. The third kappa shape index (κ3) is 2.03. The molecule has 0 amide bonds. The second-order valence-electron chi connectivity index (χ2n) is 3.25. The Bertz CT molecular complexity index is 602. The van der Waals surface area contributed by atoms with Crippen molar-refractivity contribution in [2.75, 3.05) is 7.11 Å². The lowest BCUT2D eigenvalue weighted by molar-refractivity contribution is -0.141. The van der Waals surface area contributed by atoms with Crippen molar-refractivity contribution in [2.24, 2.45) is 0 Å². The number of H-pyrrole nitrogens is 1. The van der Waals surface area contributed by atoms with E-state index in [2.05, 4.69) is 25.7 Å². The quantitative estimate of drug-likeness (QED) is 0.685. The summed E-state index contributed by atoms with van der Waals surface area (Å²) in [6, 6.07) is 5.73. The molecule has 0 spiro atoms. The van der Waals surface area contributed by atoms with Crippen LogP contribution in [-0.2, 0) is 16.1 Å². The molecule has 0 aliphatic rings. The van der Waals surface area contributed by atoms with Crippen molar-refractivity contribution in [3.05, 3.63) is 27.4 Å². The number of aromatic nitrogens is 2. The minimum absolute atomic E-state index is 0.117. The summed E-state index contributed by atoms with van der Waals surface area (Å²) in [6.45, 7) is 0.117. The summed E-state index contributed by atoms with van der Waals surface area (Å²) < 4.78 is 7.79. The van der Waals surface area contributed by atoms with Gasteiger partial charge in [0.1, 0.15) is 6.54 Å². The molecule has 0 saturated heterocycles. The molecule has 1 heterocycles. The molecule has 0 bridgehead atoms. The molecule has 2 rings (SSSR count). The van der Waals surface area contributed by atoms with Crippen LogP contribution in [0, 0.1) is 4.77 Å². The molecule has 4 nitrogen and oxygen atoms in total. The van der Waals surface area contributed by atoms with Gasteiger partial charge in [0.25, 0.3) is 0 Å². The van der Waals surface area contributed by atoms with E-state index < -0.39 is 0 Å². The van der Waals surface area contributed by atoms with Gasteiger partial charge >= 0.3 is 5.97 Å². The number of fused-ring (bicyclic) bond motifs is 1. The van der Waals surface area contributed by atoms with E-state index in [0.29, 0.717) is 4.77 Å². The molecule has 0 radical (unpaired) electrons. The second kappa shape index (κ2) is 4.39. The fraction of sp³-hybridized carbons (Fsp3) is 0.200. The van der Waals surface area contributed by atoms with E-state index in [0.717, 1.165) is 15.5 Å². The van der Waals surface area contributed by atoms with Gasteiger partial charge in [-0.2, -0.15) is 0 Å². The Morgan fingerprint density at radius 2 is 2.38 bits per heavy atom. The van der Waals surface area contributed by atoms with E-state index in [1.807, 2.05) is 18.2 Å². The number of carbonyl (C=O) groups is 1. The molecule has 0 unspecified atom stereocenters. The van der Waals surface area contributed by atoms with Gasteiger partial charge in [0.2, 0.25) is 0 Å². The Morgan fingerprint density at radius 3 is 3.06 bits per heavy atom. The highest BCUT2D eigenvalue weighted by atomic mass is 79.9. The number of ether oxygens (including phenoxy) is 1. The monoisotopic (exact) mass is 300 g/mol. The fourth-order valence-electron chi connectivity index (χ4n) is 1.48. The summed E-state index contributed by atoms with van der Waals surface area (Å²) in [4.78, 5) is 14.3. The Balaban J connectivity index is 2.58. The summed E-state index contributed by atoms with van der Waals surface area (Å²) in [7, 11) is 1.36. The van der Waals surface area contributed by atoms with Gasteiger partial charge in [0, 0.05) is 4.47 Å². The minimum atomic E-state index is -0.322. The Morgan fingerprint density at radius 1 is 1.62 bits per heavy atom.